The zero-order valence-electron chi connectivity index (χ0n) is 12.9. The average molecular weight is 356 g/mol. The fraction of sp³-hybridized carbons (Fsp3) is 0.111. The molecule has 4 rings (SSSR count). The van der Waals surface area contributed by atoms with Crippen molar-refractivity contribution in [1.29, 1.82) is 0 Å². The Morgan fingerprint density at radius 1 is 1.08 bits per heavy atom. The van der Waals surface area contributed by atoms with Crippen LogP contribution in [0.15, 0.2) is 59.4 Å². The van der Waals surface area contributed by atoms with E-state index in [0.717, 1.165) is 11.4 Å². The minimum Gasteiger partial charge on any atom is -0.348 e. The van der Waals surface area contributed by atoms with Crippen LogP contribution in [-0.2, 0) is 0 Å². The minimum absolute atomic E-state index is 0.0743. The molecule has 0 N–H and O–H groups in total. The smallest absolute Gasteiger partial charge is 0.262 e. The fourth-order valence-electron chi connectivity index (χ4n) is 3.08. The number of rotatable bonds is 2. The molecular formula is C18H14ClN3OS. The lowest BCUT2D eigenvalue weighted by atomic mass is 10.0. The minimum atomic E-state index is -0.335. The van der Waals surface area contributed by atoms with Gasteiger partial charge < -0.3 is 4.90 Å². The van der Waals surface area contributed by atoms with Gasteiger partial charge in [0.2, 0.25) is 0 Å². The lowest BCUT2D eigenvalue weighted by Crippen LogP contribution is -2.48. The monoisotopic (exact) mass is 355 g/mol. The number of anilines is 2. The summed E-state index contributed by atoms with van der Waals surface area (Å²) < 4.78 is 0. The van der Waals surface area contributed by atoms with Crippen molar-refractivity contribution in [3.63, 3.8) is 0 Å². The van der Waals surface area contributed by atoms with E-state index >= 15 is 0 Å². The summed E-state index contributed by atoms with van der Waals surface area (Å²) in [5.74, 6) is -0.0743. The Bertz CT molecular complexity index is 897. The third-order valence-electron chi connectivity index (χ3n) is 4.17. The highest BCUT2D eigenvalue weighted by molar-refractivity contribution is 7.07. The number of para-hydroxylation sites is 2. The van der Waals surface area contributed by atoms with Crippen molar-refractivity contribution in [2.45, 2.75) is 6.17 Å². The Kier molecular flexibility index (Phi) is 3.75. The molecule has 0 radical (unpaired) electrons. The van der Waals surface area contributed by atoms with E-state index in [9.17, 15) is 4.79 Å². The molecule has 24 heavy (non-hydrogen) atoms. The van der Waals surface area contributed by atoms with Crippen LogP contribution < -0.4 is 9.80 Å². The first-order chi connectivity index (χ1) is 11.7. The molecule has 0 saturated carbocycles. The second-order valence-electron chi connectivity index (χ2n) is 5.54. The molecule has 0 bridgehead atoms. The summed E-state index contributed by atoms with van der Waals surface area (Å²) in [6.07, 6.45) is -0.335. The predicted octanol–water partition coefficient (Wildman–Crippen LogP) is 4.59. The van der Waals surface area contributed by atoms with E-state index in [1.807, 2.05) is 54.9 Å². The molecule has 1 amide bonds. The normalized spacial score (nSPS) is 17.1. The molecule has 1 aliphatic rings. The summed E-state index contributed by atoms with van der Waals surface area (Å²) in [5.41, 5.74) is 4.84. The van der Waals surface area contributed by atoms with Gasteiger partial charge >= 0.3 is 0 Å². The van der Waals surface area contributed by atoms with Crippen molar-refractivity contribution < 1.29 is 4.79 Å². The summed E-state index contributed by atoms with van der Waals surface area (Å²) in [6, 6.07) is 15.0. The van der Waals surface area contributed by atoms with Gasteiger partial charge in [0.05, 0.1) is 33.2 Å². The Morgan fingerprint density at radius 3 is 2.50 bits per heavy atom. The van der Waals surface area contributed by atoms with Gasteiger partial charge in [0.15, 0.2) is 6.17 Å². The van der Waals surface area contributed by atoms with E-state index in [-0.39, 0.29) is 12.1 Å². The SMILES string of the molecule is CN1c2ccccc2C(=O)N(c2ccccc2Cl)[C@@H]1c1cscn1. The average Bonchev–Trinajstić information content (AvgIpc) is 3.13. The van der Waals surface area contributed by atoms with E-state index < -0.39 is 0 Å². The van der Waals surface area contributed by atoms with Gasteiger partial charge in [0.1, 0.15) is 0 Å². The van der Waals surface area contributed by atoms with E-state index in [2.05, 4.69) is 9.88 Å². The third kappa shape index (κ3) is 2.28. The largest absolute Gasteiger partial charge is 0.348 e. The zero-order valence-corrected chi connectivity index (χ0v) is 14.5. The molecule has 1 atom stereocenters. The topological polar surface area (TPSA) is 36.4 Å². The van der Waals surface area contributed by atoms with E-state index in [4.69, 9.17) is 11.6 Å². The van der Waals surface area contributed by atoms with Crippen LogP contribution in [0.2, 0.25) is 5.02 Å². The summed E-state index contributed by atoms with van der Waals surface area (Å²) in [5, 5.41) is 2.51. The van der Waals surface area contributed by atoms with Crippen molar-refractivity contribution in [1.82, 2.24) is 4.98 Å². The molecule has 4 nitrogen and oxygen atoms in total. The van der Waals surface area contributed by atoms with Crippen molar-refractivity contribution in [2.24, 2.45) is 0 Å². The van der Waals surface area contributed by atoms with Crippen LogP contribution in [0.25, 0.3) is 0 Å². The molecule has 2 heterocycles. The van der Waals surface area contributed by atoms with Gasteiger partial charge in [-0.25, -0.2) is 4.98 Å². The highest BCUT2D eigenvalue weighted by Gasteiger charge is 2.39. The van der Waals surface area contributed by atoms with Crippen LogP contribution in [0.1, 0.15) is 22.2 Å². The number of amides is 1. The summed E-state index contributed by atoms with van der Waals surface area (Å²) in [6.45, 7) is 0. The number of halogens is 1. The Hall–Kier alpha value is -2.37. The molecule has 0 spiro atoms. The lowest BCUT2D eigenvalue weighted by Gasteiger charge is -2.43. The van der Waals surface area contributed by atoms with Gasteiger partial charge in [-0.3, -0.25) is 9.69 Å². The van der Waals surface area contributed by atoms with Crippen LogP contribution in [-0.4, -0.2) is 17.9 Å². The van der Waals surface area contributed by atoms with Crippen LogP contribution in [0.4, 0.5) is 11.4 Å². The van der Waals surface area contributed by atoms with E-state index in [1.54, 1.807) is 16.5 Å². The maximum absolute atomic E-state index is 13.2. The van der Waals surface area contributed by atoms with Gasteiger partial charge in [-0.1, -0.05) is 35.9 Å². The first-order valence-corrected chi connectivity index (χ1v) is 8.78. The van der Waals surface area contributed by atoms with Crippen LogP contribution in [0.3, 0.4) is 0 Å². The number of carbonyl (C=O) groups excluding carboxylic acids is 1. The van der Waals surface area contributed by atoms with Gasteiger partial charge in [-0.05, 0) is 24.3 Å². The molecule has 0 fully saturated rings. The van der Waals surface area contributed by atoms with Crippen molar-refractivity contribution >= 4 is 40.2 Å². The number of hydrogen-bond donors (Lipinski definition) is 0. The molecule has 0 unspecified atom stereocenters. The summed E-state index contributed by atoms with van der Waals surface area (Å²) in [4.78, 5) is 21.5. The molecule has 1 aliphatic heterocycles. The fourth-order valence-corrected chi connectivity index (χ4v) is 3.87. The maximum atomic E-state index is 13.2. The highest BCUT2D eigenvalue weighted by atomic mass is 35.5. The molecule has 6 heteroatoms. The Morgan fingerprint density at radius 2 is 1.79 bits per heavy atom. The third-order valence-corrected chi connectivity index (χ3v) is 5.10. The highest BCUT2D eigenvalue weighted by Crippen LogP contribution is 2.42. The lowest BCUT2D eigenvalue weighted by molar-refractivity contribution is 0.0969. The first kappa shape index (κ1) is 15.2. The quantitative estimate of drug-likeness (QED) is 0.674. The molecule has 3 aromatic rings. The van der Waals surface area contributed by atoms with Gasteiger partial charge in [-0.15, -0.1) is 11.3 Å². The summed E-state index contributed by atoms with van der Waals surface area (Å²) >= 11 is 7.90. The number of benzene rings is 2. The number of carbonyl (C=O) groups is 1. The van der Waals surface area contributed by atoms with Crippen molar-refractivity contribution in [3.8, 4) is 0 Å². The zero-order chi connectivity index (χ0) is 16.7. The molecule has 0 saturated heterocycles. The maximum Gasteiger partial charge on any atom is 0.262 e. The van der Waals surface area contributed by atoms with Gasteiger partial charge in [0, 0.05) is 12.4 Å². The molecule has 2 aromatic carbocycles. The number of fused-ring (bicyclic) bond motifs is 1. The number of aromatic nitrogens is 1. The van der Waals surface area contributed by atoms with Gasteiger partial charge in [-0.2, -0.15) is 0 Å². The van der Waals surface area contributed by atoms with E-state index in [0.29, 0.717) is 16.3 Å². The molecule has 1 aromatic heterocycles. The number of nitrogens with zero attached hydrogens (tertiary/aromatic N) is 3. The number of hydrogen-bond acceptors (Lipinski definition) is 4. The first-order valence-electron chi connectivity index (χ1n) is 7.46. The van der Waals surface area contributed by atoms with E-state index in [1.165, 1.54) is 11.3 Å². The molecule has 120 valence electrons. The second-order valence-corrected chi connectivity index (χ2v) is 6.67. The standard InChI is InChI=1S/C18H14ClN3OS/c1-21-15-8-4-2-6-12(15)18(23)22(16-9-5-3-7-13(16)19)17(21)14-10-24-11-20-14/h2-11,17H,1H3/t17-/m1/s1. The molecule has 0 aliphatic carbocycles. The van der Waals surface area contributed by atoms with Gasteiger partial charge in [0.25, 0.3) is 5.91 Å². The Labute approximate surface area is 148 Å². The van der Waals surface area contributed by atoms with Crippen LogP contribution in [0, 0.1) is 0 Å². The molecular weight excluding hydrogens is 342 g/mol. The van der Waals surface area contributed by atoms with Crippen LogP contribution >= 0.6 is 22.9 Å². The predicted molar refractivity (Wildman–Crippen MR) is 98.0 cm³/mol. The van der Waals surface area contributed by atoms with Crippen molar-refractivity contribution in [2.75, 3.05) is 16.8 Å². The summed E-state index contributed by atoms with van der Waals surface area (Å²) in [7, 11) is 1.97. The van der Waals surface area contributed by atoms with Crippen molar-refractivity contribution in [3.05, 3.63) is 75.7 Å². The Balaban J connectivity index is 1.95. The number of thiazole rings is 1. The second kappa shape index (κ2) is 5.92. The van der Waals surface area contributed by atoms with Crippen LogP contribution in [0.5, 0.6) is 0 Å².